The molecule has 0 spiro atoms. The Balaban J connectivity index is 1.29. The first-order valence-corrected chi connectivity index (χ1v) is 14.7. The molecule has 220 valence electrons. The van der Waals surface area contributed by atoms with Crippen molar-refractivity contribution in [2.24, 2.45) is 0 Å². The predicted octanol–water partition coefficient (Wildman–Crippen LogP) is 6.04. The summed E-state index contributed by atoms with van der Waals surface area (Å²) in [7, 11) is 1.61. The van der Waals surface area contributed by atoms with E-state index in [1.54, 1.807) is 37.3 Å². The van der Waals surface area contributed by atoms with Gasteiger partial charge in [0.05, 0.1) is 30.6 Å². The molecule has 0 aliphatic carbocycles. The molecule has 2 saturated heterocycles. The van der Waals surface area contributed by atoms with E-state index in [1.807, 2.05) is 24.3 Å². The Labute approximate surface area is 242 Å². The number of rotatable bonds is 9. The van der Waals surface area contributed by atoms with Crippen LogP contribution < -0.4 is 20.1 Å². The van der Waals surface area contributed by atoms with Gasteiger partial charge in [0.25, 0.3) is 0 Å². The normalized spacial score (nSPS) is 16.8. The summed E-state index contributed by atoms with van der Waals surface area (Å²) in [6.45, 7) is 2.03. The zero-order valence-corrected chi connectivity index (χ0v) is 23.8. The second kappa shape index (κ2) is 13.7. The molecule has 2 fully saturated rings. The van der Waals surface area contributed by atoms with Gasteiger partial charge < -0.3 is 29.4 Å². The maximum atomic E-state index is 13.5. The van der Waals surface area contributed by atoms with Gasteiger partial charge in [0.15, 0.2) is 0 Å². The summed E-state index contributed by atoms with van der Waals surface area (Å²) < 4.78 is 61.8. The highest BCUT2D eigenvalue weighted by Gasteiger charge is 2.30. The van der Waals surface area contributed by atoms with Crippen LogP contribution in [0.5, 0.6) is 5.75 Å². The molecule has 2 aliphatic rings. The van der Waals surface area contributed by atoms with Crippen LogP contribution in [0.3, 0.4) is 0 Å². The van der Waals surface area contributed by atoms with E-state index in [0.717, 1.165) is 60.6 Å². The largest absolute Gasteiger partial charge is 0.495 e. The third kappa shape index (κ3) is 8.04. The van der Waals surface area contributed by atoms with Crippen molar-refractivity contribution < 1.29 is 27.4 Å². The molecule has 0 atom stereocenters. The highest BCUT2D eigenvalue weighted by molar-refractivity contribution is 7.97. The van der Waals surface area contributed by atoms with Crippen molar-refractivity contribution in [3.8, 4) is 17.6 Å². The van der Waals surface area contributed by atoms with Gasteiger partial charge in [-0.05, 0) is 79.9 Å². The van der Waals surface area contributed by atoms with Gasteiger partial charge in [-0.3, -0.25) is 4.72 Å². The first-order chi connectivity index (χ1) is 19.9. The van der Waals surface area contributed by atoms with Crippen molar-refractivity contribution in [3.63, 3.8) is 0 Å². The summed E-state index contributed by atoms with van der Waals surface area (Å²) in [5.41, 5.74) is 2.39. The van der Waals surface area contributed by atoms with Gasteiger partial charge in [0.2, 0.25) is 0 Å². The summed E-state index contributed by atoms with van der Waals surface area (Å²) in [5.74, 6) is 6.64. The van der Waals surface area contributed by atoms with Gasteiger partial charge in [0.1, 0.15) is 12.3 Å². The summed E-state index contributed by atoms with van der Waals surface area (Å²) in [6, 6.07) is 13.6. The quantitative estimate of drug-likeness (QED) is 0.208. The summed E-state index contributed by atoms with van der Waals surface area (Å²) in [5, 5.41) is 7.46. The smallest absolute Gasteiger partial charge is 0.406 e. The Morgan fingerprint density at radius 1 is 0.976 bits per heavy atom. The first kappa shape index (κ1) is 29.5. The number of nitrogens with zero attached hydrogens (tertiary/aromatic N) is 1. The lowest BCUT2D eigenvalue weighted by Gasteiger charge is -2.24. The van der Waals surface area contributed by atoms with Crippen molar-refractivity contribution in [2.45, 2.75) is 55.4 Å². The number of halogens is 3. The summed E-state index contributed by atoms with van der Waals surface area (Å²) >= 11 is 1.56. The Morgan fingerprint density at radius 3 is 2.41 bits per heavy atom. The molecule has 0 radical (unpaired) electrons. The molecule has 3 N–H and O–H groups in total. The zero-order valence-electron chi connectivity index (χ0n) is 23.0. The standard InChI is InChI=1S/C30H35F3N4O3S/c1-38-29-19-24(41-36-22-11-16-40-17-12-22)7-8-27(29)34-13-3-4-23-18-25-26(35-21-9-14-39-15-10-21)5-2-6-28(25)37(23)20-30(31,32)33/h2,5-8,18-19,21-22,34-36H,9-17,20H2,1H3. The van der Waals surface area contributed by atoms with Crippen LogP contribution in [0, 0.1) is 11.8 Å². The van der Waals surface area contributed by atoms with Crippen molar-refractivity contribution in [3.05, 3.63) is 48.2 Å². The van der Waals surface area contributed by atoms with E-state index in [2.05, 4.69) is 27.2 Å². The number of fused-ring (bicyclic) bond motifs is 1. The van der Waals surface area contributed by atoms with E-state index in [9.17, 15) is 13.2 Å². The molecular weight excluding hydrogens is 553 g/mol. The minimum Gasteiger partial charge on any atom is -0.495 e. The molecule has 0 bridgehead atoms. The van der Waals surface area contributed by atoms with Crippen LogP contribution in [0.15, 0.2) is 47.4 Å². The van der Waals surface area contributed by atoms with Gasteiger partial charge in [0, 0.05) is 54.5 Å². The molecule has 0 unspecified atom stereocenters. The van der Waals surface area contributed by atoms with Crippen molar-refractivity contribution in [2.75, 3.05) is 50.7 Å². The molecular formula is C30H35F3N4O3S. The number of nitrogens with one attached hydrogen (secondary N) is 3. The number of alkyl halides is 3. The van der Waals surface area contributed by atoms with Gasteiger partial charge in [-0.15, -0.1) is 0 Å². The summed E-state index contributed by atoms with van der Waals surface area (Å²) in [6.07, 6.45) is -0.699. The number of hydrogen-bond acceptors (Lipinski definition) is 7. The number of methoxy groups -OCH3 is 1. The second-order valence-corrected chi connectivity index (χ2v) is 11.0. The lowest BCUT2D eigenvalue weighted by atomic mass is 10.1. The number of ether oxygens (including phenoxy) is 3. The van der Waals surface area contributed by atoms with E-state index in [1.165, 1.54) is 4.57 Å². The molecule has 11 heteroatoms. The van der Waals surface area contributed by atoms with E-state index < -0.39 is 12.7 Å². The third-order valence-electron chi connectivity index (χ3n) is 7.19. The minimum absolute atomic E-state index is 0.219. The van der Waals surface area contributed by atoms with Crippen LogP contribution in [-0.4, -0.2) is 62.9 Å². The maximum Gasteiger partial charge on any atom is 0.406 e. The molecule has 41 heavy (non-hydrogen) atoms. The fourth-order valence-corrected chi connectivity index (χ4v) is 5.89. The molecule has 7 nitrogen and oxygen atoms in total. The average Bonchev–Trinajstić information content (AvgIpc) is 3.32. The molecule has 2 aromatic carbocycles. The lowest BCUT2D eigenvalue weighted by molar-refractivity contribution is -0.140. The van der Waals surface area contributed by atoms with Gasteiger partial charge in [-0.1, -0.05) is 12.0 Å². The second-order valence-electron chi connectivity index (χ2n) is 10.1. The lowest BCUT2D eigenvalue weighted by Crippen LogP contribution is -2.30. The molecule has 3 heterocycles. The van der Waals surface area contributed by atoms with Crippen molar-refractivity contribution in [1.82, 2.24) is 9.29 Å². The zero-order chi connectivity index (χ0) is 28.7. The van der Waals surface area contributed by atoms with E-state index in [4.69, 9.17) is 14.2 Å². The van der Waals surface area contributed by atoms with Crippen LogP contribution in [0.1, 0.15) is 31.4 Å². The molecule has 5 rings (SSSR count). The predicted molar refractivity (Wildman–Crippen MR) is 157 cm³/mol. The Morgan fingerprint density at radius 2 is 1.71 bits per heavy atom. The fourth-order valence-electron chi connectivity index (χ4n) is 5.05. The molecule has 2 aliphatic heterocycles. The molecule has 1 aromatic heterocycles. The van der Waals surface area contributed by atoms with Crippen LogP contribution in [0.25, 0.3) is 10.9 Å². The minimum atomic E-state index is -4.38. The fraction of sp³-hybridized carbons (Fsp3) is 0.467. The molecule has 0 saturated carbocycles. The number of aromatic nitrogens is 1. The topological polar surface area (TPSA) is 68.7 Å². The SMILES string of the molecule is COc1cc(SNC2CCOCC2)ccc1NCC#Cc1cc2c(NC3CCOCC3)cccc2n1CC(F)(F)F. The van der Waals surface area contributed by atoms with E-state index >= 15 is 0 Å². The van der Waals surface area contributed by atoms with E-state index in [0.29, 0.717) is 36.2 Å². The van der Waals surface area contributed by atoms with Crippen LogP contribution in [-0.2, 0) is 16.0 Å². The molecule has 0 amide bonds. The van der Waals surface area contributed by atoms with E-state index in [-0.39, 0.29) is 12.6 Å². The van der Waals surface area contributed by atoms with Gasteiger partial charge >= 0.3 is 6.18 Å². The van der Waals surface area contributed by atoms with Gasteiger partial charge in [-0.25, -0.2) is 0 Å². The van der Waals surface area contributed by atoms with Gasteiger partial charge in [-0.2, -0.15) is 13.2 Å². The number of anilines is 2. The third-order valence-corrected chi connectivity index (χ3v) is 8.13. The number of hydrogen-bond donors (Lipinski definition) is 3. The Hall–Kier alpha value is -3.04. The Bertz CT molecular complexity index is 1370. The van der Waals surface area contributed by atoms with Crippen LogP contribution in [0.4, 0.5) is 24.5 Å². The monoisotopic (exact) mass is 588 g/mol. The Kier molecular flexibility index (Phi) is 9.88. The van der Waals surface area contributed by atoms with Crippen molar-refractivity contribution >= 4 is 34.2 Å². The van der Waals surface area contributed by atoms with Crippen molar-refractivity contribution in [1.29, 1.82) is 0 Å². The van der Waals surface area contributed by atoms with Crippen LogP contribution >= 0.6 is 11.9 Å². The highest BCUT2D eigenvalue weighted by Crippen LogP contribution is 2.32. The maximum absolute atomic E-state index is 13.5. The summed E-state index contributed by atoms with van der Waals surface area (Å²) in [4.78, 5) is 1.02. The molecule has 3 aromatic rings. The highest BCUT2D eigenvalue weighted by atomic mass is 32.2. The average molecular weight is 589 g/mol. The number of benzene rings is 2. The first-order valence-electron chi connectivity index (χ1n) is 13.8. The van der Waals surface area contributed by atoms with Crippen LogP contribution in [0.2, 0.25) is 0 Å².